The van der Waals surface area contributed by atoms with Crippen LogP contribution in [-0.2, 0) is 0 Å². The Morgan fingerprint density at radius 3 is 1.96 bits per heavy atom. The zero-order valence-electron chi connectivity index (χ0n) is 17.0. The van der Waals surface area contributed by atoms with Crippen LogP contribution in [0.1, 0.15) is 66.9 Å². The minimum Gasteiger partial charge on any atom is -0.314 e. The summed E-state index contributed by atoms with van der Waals surface area (Å²) in [6.45, 7) is 19.4. The van der Waals surface area contributed by atoms with E-state index in [1.165, 1.54) is 0 Å². The van der Waals surface area contributed by atoms with E-state index in [0.29, 0.717) is 0 Å². The Morgan fingerprint density at radius 1 is 1.00 bits per heavy atom. The van der Waals surface area contributed by atoms with Crippen LogP contribution in [0.2, 0.25) is 0 Å². The molecule has 2 amide bonds. The van der Waals surface area contributed by atoms with E-state index < -0.39 is 0 Å². The third kappa shape index (κ3) is 3.75. The van der Waals surface area contributed by atoms with Crippen molar-refractivity contribution in [1.82, 2.24) is 9.80 Å². The molecular weight excluding hydrogens is 308 g/mol. The molecule has 1 heterocycles. The molecule has 0 spiro atoms. The molecule has 138 valence electrons. The minimum absolute atomic E-state index is 0.00549. The van der Waals surface area contributed by atoms with Gasteiger partial charge in [-0.05, 0) is 59.1 Å². The van der Waals surface area contributed by atoms with Crippen molar-refractivity contribution < 1.29 is 4.79 Å². The van der Waals surface area contributed by atoms with Gasteiger partial charge in [-0.1, -0.05) is 50.3 Å². The number of amides is 2. The molecule has 0 radical (unpaired) electrons. The highest BCUT2D eigenvalue weighted by molar-refractivity contribution is 5.85. The molecule has 0 saturated carbocycles. The predicted molar refractivity (Wildman–Crippen MR) is 107 cm³/mol. The summed E-state index contributed by atoms with van der Waals surface area (Å²) < 4.78 is 0. The van der Waals surface area contributed by atoms with Gasteiger partial charge in [0.15, 0.2) is 0 Å². The van der Waals surface area contributed by atoms with Crippen molar-refractivity contribution in [1.29, 1.82) is 0 Å². The molecule has 1 fully saturated rings. The van der Waals surface area contributed by atoms with Gasteiger partial charge in [0, 0.05) is 11.1 Å². The van der Waals surface area contributed by atoms with Crippen molar-refractivity contribution in [2.45, 2.75) is 84.5 Å². The fraction of sp³-hybridized carbons (Fsp3) is 0.591. The van der Waals surface area contributed by atoms with Gasteiger partial charge < -0.3 is 9.80 Å². The molecule has 3 nitrogen and oxygen atoms in total. The summed E-state index contributed by atoms with van der Waals surface area (Å²) in [5.41, 5.74) is 1.68. The summed E-state index contributed by atoms with van der Waals surface area (Å²) in [7, 11) is 0. The first-order valence-corrected chi connectivity index (χ1v) is 9.37. The maximum atomic E-state index is 13.4. The summed E-state index contributed by atoms with van der Waals surface area (Å²) in [5, 5.41) is 0. The number of carbonyl (C=O) groups is 1. The van der Waals surface area contributed by atoms with Crippen molar-refractivity contribution in [2.75, 3.05) is 0 Å². The molecule has 25 heavy (non-hydrogen) atoms. The fourth-order valence-corrected chi connectivity index (χ4v) is 3.97. The lowest BCUT2D eigenvalue weighted by atomic mass is 9.88. The maximum absolute atomic E-state index is 13.4. The standard InChI is InChI=1S/C22H34N2O/c1-9-13-18-19(16(2)17-14-11-10-12-15-17)24(22(6,7)8)20(25)23(18)21(3,4)5/h10-12,14-15,18-19H,2,9,13H2,1,3-8H3/t18-,19-/m0/s1. The van der Waals surface area contributed by atoms with Gasteiger partial charge in [-0.15, -0.1) is 0 Å². The van der Waals surface area contributed by atoms with Gasteiger partial charge in [0.2, 0.25) is 0 Å². The Labute approximate surface area is 153 Å². The molecule has 2 atom stereocenters. The Morgan fingerprint density at radius 2 is 1.52 bits per heavy atom. The number of hydrogen-bond donors (Lipinski definition) is 0. The van der Waals surface area contributed by atoms with E-state index in [1.807, 2.05) is 23.1 Å². The number of nitrogens with zero attached hydrogens (tertiary/aromatic N) is 2. The molecule has 1 aliphatic heterocycles. The van der Waals surface area contributed by atoms with Crippen LogP contribution >= 0.6 is 0 Å². The van der Waals surface area contributed by atoms with E-state index in [-0.39, 0.29) is 29.2 Å². The topological polar surface area (TPSA) is 23.6 Å². The Hall–Kier alpha value is -1.77. The van der Waals surface area contributed by atoms with Crippen molar-refractivity contribution in [3.8, 4) is 0 Å². The molecule has 0 aliphatic carbocycles. The zero-order valence-corrected chi connectivity index (χ0v) is 17.0. The van der Waals surface area contributed by atoms with Crippen molar-refractivity contribution in [2.24, 2.45) is 0 Å². The summed E-state index contributed by atoms with van der Waals surface area (Å²) >= 11 is 0. The number of hydrogen-bond acceptors (Lipinski definition) is 1. The lowest BCUT2D eigenvalue weighted by molar-refractivity contribution is 0.121. The first kappa shape index (κ1) is 19.6. The van der Waals surface area contributed by atoms with Crippen LogP contribution in [0.3, 0.4) is 0 Å². The highest BCUT2D eigenvalue weighted by Gasteiger charge is 2.53. The normalized spacial score (nSPS) is 21.8. The van der Waals surface area contributed by atoms with Gasteiger partial charge in [0.05, 0.1) is 12.1 Å². The third-order valence-electron chi connectivity index (χ3n) is 4.92. The van der Waals surface area contributed by atoms with E-state index in [2.05, 4.69) is 72.1 Å². The Balaban J connectivity index is 2.57. The van der Waals surface area contributed by atoms with E-state index in [9.17, 15) is 4.79 Å². The van der Waals surface area contributed by atoms with Gasteiger partial charge in [-0.2, -0.15) is 0 Å². The van der Waals surface area contributed by atoms with Gasteiger partial charge in [0.25, 0.3) is 0 Å². The van der Waals surface area contributed by atoms with Crippen molar-refractivity contribution in [3.63, 3.8) is 0 Å². The fourth-order valence-electron chi connectivity index (χ4n) is 3.97. The highest BCUT2D eigenvalue weighted by Crippen LogP contribution is 2.41. The van der Waals surface area contributed by atoms with Gasteiger partial charge in [-0.3, -0.25) is 0 Å². The minimum atomic E-state index is -0.258. The van der Waals surface area contributed by atoms with E-state index >= 15 is 0 Å². The first-order chi connectivity index (χ1) is 11.5. The van der Waals surface area contributed by atoms with Gasteiger partial charge in [0.1, 0.15) is 0 Å². The molecule has 1 aromatic carbocycles. The summed E-state index contributed by atoms with van der Waals surface area (Å²) in [5.74, 6) is 0. The molecule has 1 aromatic rings. The van der Waals surface area contributed by atoms with E-state index in [1.54, 1.807) is 0 Å². The lowest BCUT2D eigenvalue weighted by Crippen LogP contribution is -2.50. The summed E-state index contributed by atoms with van der Waals surface area (Å²) in [6.07, 6.45) is 2.02. The quantitative estimate of drug-likeness (QED) is 0.701. The zero-order chi connectivity index (χ0) is 19.0. The van der Waals surface area contributed by atoms with Crippen LogP contribution in [-0.4, -0.2) is 39.0 Å². The smallest absolute Gasteiger partial charge is 0.314 e. The second kappa shape index (κ2) is 6.86. The average Bonchev–Trinajstić information content (AvgIpc) is 2.80. The van der Waals surface area contributed by atoms with Crippen LogP contribution < -0.4 is 0 Å². The third-order valence-corrected chi connectivity index (χ3v) is 4.92. The number of benzene rings is 1. The van der Waals surface area contributed by atoms with Crippen LogP contribution in [0.5, 0.6) is 0 Å². The second-order valence-electron chi connectivity index (χ2n) is 9.06. The van der Waals surface area contributed by atoms with Crippen molar-refractivity contribution in [3.05, 3.63) is 42.5 Å². The first-order valence-electron chi connectivity index (χ1n) is 9.37. The summed E-state index contributed by atoms with van der Waals surface area (Å²) in [4.78, 5) is 17.6. The highest BCUT2D eigenvalue weighted by atomic mass is 16.2. The second-order valence-corrected chi connectivity index (χ2v) is 9.06. The molecular formula is C22H34N2O. The van der Waals surface area contributed by atoms with Crippen LogP contribution in [0.15, 0.2) is 36.9 Å². The predicted octanol–water partition coefficient (Wildman–Crippen LogP) is 5.57. The summed E-state index contributed by atoms with van der Waals surface area (Å²) in [6, 6.07) is 10.5. The van der Waals surface area contributed by atoms with Crippen molar-refractivity contribution >= 4 is 11.6 Å². The van der Waals surface area contributed by atoms with Gasteiger partial charge >= 0.3 is 6.03 Å². The van der Waals surface area contributed by atoms with Crippen LogP contribution in [0.25, 0.3) is 5.57 Å². The molecule has 1 aliphatic rings. The van der Waals surface area contributed by atoms with Gasteiger partial charge in [-0.25, -0.2) is 4.79 Å². The Kier molecular flexibility index (Phi) is 5.36. The largest absolute Gasteiger partial charge is 0.321 e. The molecule has 0 bridgehead atoms. The average molecular weight is 343 g/mol. The lowest BCUT2D eigenvalue weighted by Gasteiger charge is -2.38. The number of urea groups is 1. The molecule has 2 rings (SSSR count). The van der Waals surface area contributed by atoms with E-state index in [0.717, 1.165) is 24.0 Å². The maximum Gasteiger partial charge on any atom is 0.321 e. The molecule has 1 saturated heterocycles. The number of carbonyl (C=O) groups excluding carboxylic acids is 1. The Bertz CT molecular complexity index is 622. The monoisotopic (exact) mass is 342 g/mol. The number of rotatable bonds is 4. The van der Waals surface area contributed by atoms with Crippen LogP contribution in [0.4, 0.5) is 4.79 Å². The van der Waals surface area contributed by atoms with E-state index in [4.69, 9.17) is 0 Å². The molecule has 0 aromatic heterocycles. The van der Waals surface area contributed by atoms with Crippen LogP contribution in [0, 0.1) is 0 Å². The molecule has 0 N–H and O–H groups in total. The molecule has 0 unspecified atom stereocenters. The molecule has 3 heteroatoms. The SMILES string of the molecule is C=C(c1ccccc1)[C@H]1[C@H](CCC)N(C(C)(C)C)C(=O)N1C(C)(C)C.